The molecule has 1 nitrogen and oxygen atoms in total. The lowest BCUT2D eigenvalue weighted by Crippen LogP contribution is -2.04. The van der Waals surface area contributed by atoms with Crippen LogP contribution in [0.3, 0.4) is 0 Å². The van der Waals surface area contributed by atoms with Gasteiger partial charge in [-0.15, -0.1) is 0 Å². The molecule has 18 heavy (non-hydrogen) atoms. The van der Waals surface area contributed by atoms with Gasteiger partial charge in [-0.25, -0.2) is 4.39 Å². The van der Waals surface area contributed by atoms with E-state index in [1.54, 1.807) is 12.1 Å². The summed E-state index contributed by atoms with van der Waals surface area (Å²) in [5.74, 6) is -0.593. The van der Waals surface area contributed by atoms with Crippen LogP contribution in [0.2, 0.25) is 0 Å². The van der Waals surface area contributed by atoms with Crippen LogP contribution < -0.4 is 0 Å². The van der Waals surface area contributed by atoms with Crippen LogP contribution in [-0.2, 0) is 6.42 Å². The summed E-state index contributed by atoms with van der Waals surface area (Å²) in [6.07, 6.45) is 0.867. The number of benzene rings is 2. The molecule has 0 saturated carbocycles. The number of halogens is 2. The molecular formula is C15H12BrFO. The molecule has 0 bridgehead atoms. The zero-order valence-corrected chi connectivity index (χ0v) is 11.5. The molecule has 2 aromatic rings. The van der Waals surface area contributed by atoms with Crippen LogP contribution in [0.25, 0.3) is 0 Å². The first-order valence-corrected chi connectivity index (χ1v) is 6.50. The van der Waals surface area contributed by atoms with Crippen LogP contribution in [0.4, 0.5) is 4.39 Å². The van der Waals surface area contributed by atoms with Crippen LogP contribution in [0.5, 0.6) is 0 Å². The third-order valence-electron chi connectivity index (χ3n) is 2.79. The molecule has 0 spiro atoms. The molecule has 0 aromatic heterocycles. The van der Waals surface area contributed by atoms with E-state index in [2.05, 4.69) is 15.9 Å². The highest BCUT2D eigenvalue weighted by Gasteiger charge is 2.15. The molecule has 0 aliphatic carbocycles. The molecule has 0 heterocycles. The summed E-state index contributed by atoms with van der Waals surface area (Å²) in [6, 6.07) is 11.9. The largest absolute Gasteiger partial charge is 0.289 e. The molecule has 0 unspecified atom stereocenters. The lowest BCUT2D eigenvalue weighted by Gasteiger charge is -2.06. The quantitative estimate of drug-likeness (QED) is 0.769. The molecule has 0 N–H and O–H groups in total. The highest BCUT2D eigenvalue weighted by atomic mass is 79.9. The van der Waals surface area contributed by atoms with Crippen molar-refractivity contribution in [1.82, 2.24) is 0 Å². The van der Waals surface area contributed by atoms with Gasteiger partial charge in [-0.2, -0.15) is 0 Å². The van der Waals surface area contributed by atoms with Crippen molar-refractivity contribution in [3.8, 4) is 0 Å². The Hall–Kier alpha value is -1.48. The van der Waals surface area contributed by atoms with Gasteiger partial charge in [0.05, 0.1) is 4.47 Å². The SMILES string of the molecule is CCc1cccc(C(=O)c2cccc(F)c2Br)c1. The molecule has 0 saturated heterocycles. The number of ketones is 1. The fourth-order valence-corrected chi connectivity index (χ4v) is 2.21. The van der Waals surface area contributed by atoms with E-state index in [-0.39, 0.29) is 10.3 Å². The van der Waals surface area contributed by atoms with Crippen molar-refractivity contribution in [2.24, 2.45) is 0 Å². The third-order valence-corrected chi connectivity index (χ3v) is 3.60. The minimum atomic E-state index is -0.424. The summed E-state index contributed by atoms with van der Waals surface area (Å²) >= 11 is 3.12. The first-order chi connectivity index (χ1) is 8.63. The van der Waals surface area contributed by atoms with Gasteiger partial charge in [-0.3, -0.25) is 4.79 Å². The number of rotatable bonds is 3. The van der Waals surface area contributed by atoms with Gasteiger partial charge in [0.15, 0.2) is 5.78 Å². The van der Waals surface area contributed by atoms with Gasteiger partial charge in [0.25, 0.3) is 0 Å². The maximum atomic E-state index is 13.4. The summed E-state index contributed by atoms with van der Waals surface area (Å²) < 4.78 is 13.6. The van der Waals surface area contributed by atoms with E-state index < -0.39 is 5.82 Å². The molecule has 0 radical (unpaired) electrons. The monoisotopic (exact) mass is 306 g/mol. The van der Waals surface area contributed by atoms with Gasteiger partial charge < -0.3 is 0 Å². The second-order valence-corrected chi connectivity index (χ2v) is 4.78. The third kappa shape index (κ3) is 2.51. The van der Waals surface area contributed by atoms with Crippen molar-refractivity contribution in [1.29, 1.82) is 0 Å². The second kappa shape index (κ2) is 5.44. The minimum Gasteiger partial charge on any atom is -0.289 e. The zero-order chi connectivity index (χ0) is 13.1. The normalized spacial score (nSPS) is 10.4. The predicted octanol–water partition coefficient (Wildman–Crippen LogP) is 4.38. The highest BCUT2D eigenvalue weighted by molar-refractivity contribution is 9.10. The molecule has 0 atom stereocenters. The summed E-state index contributed by atoms with van der Waals surface area (Å²) in [7, 11) is 0. The molecule has 0 amide bonds. The summed E-state index contributed by atoms with van der Waals surface area (Å²) in [5.41, 5.74) is 2.03. The van der Waals surface area contributed by atoms with Gasteiger partial charge in [0.1, 0.15) is 5.82 Å². The Morgan fingerprint density at radius 2 is 1.94 bits per heavy atom. The molecule has 0 aliphatic rings. The zero-order valence-electron chi connectivity index (χ0n) is 9.91. The first-order valence-electron chi connectivity index (χ1n) is 5.71. The van der Waals surface area contributed by atoms with E-state index in [9.17, 15) is 9.18 Å². The maximum Gasteiger partial charge on any atom is 0.194 e. The molecule has 2 aromatic carbocycles. The minimum absolute atomic E-state index is 0.170. The molecular weight excluding hydrogens is 295 g/mol. The first kappa shape index (κ1) is 13.0. The van der Waals surface area contributed by atoms with E-state index in [1.807, 2.05) is 25.1 Å². The Morgan fingerprint density at radius 1 is 1.22 bits per heavy atom. The van der Waals surface area contributed by atoms with Crippen LogP contribution in [0.15, 0.2) is 46.9 Å². The molecule has 0 aliphatic heterocycles. The van der Waals surface area contributed by atoms with E-state index in [0.717, 1.165) is 12.0 Å². The average Bonchev–Trinajstić information content (AvgIpc) is 2.41. The predicted molar refractivity (Wildman–Crippen MR) is 73.4 cm³/mol. The van der Waals surface area contributed by atoms with Crippen molar-refractivity contribution in [3.05, 3.63) is 69.4 Å². The summed E-state index contributed by atoms with van der Waals surface area (Å²) in [5, 5.41) is 0. The Balaban J connectivity index is 2.44. The highest BCUT2D eigenvalue weighted by Crippen LogP contribution is 2.23. The van der Waals surface area contributed by atoms with Crippen LogP contribution in [0.1, 0.15) is 28.4 Å². The summed E-state index contributed by atoms with van der Waals surface area (Å²) in [4.78, 5) is 12.3. The summed E-state index contributed by atoms with van der Waals surface area (Å²) in [6.45, 7) is 2.03. The Labute approximate surface area is 114 Å². The fourth-order valence-electron chi connectivity index (χ4n) is 1.77. The van der Waals surface area contributed by atoms with Crippen LogP contribution >= 0.6 is 15.9 Å². The van der Waals surface area contributed by atoms with Crippen molar-refractivity contribution < 1.29 is 9.18 Å². The van der Waals surface area contributed by atoms with E-state index in [1.165, 1.54) is 12.1 Å². The number of carbonyl (C=O) groups is 1. The van der Waals surface area contributed by atoms with Crippen molar-refractivity contribution in [2.45, 2.75) is 13.3 Å². The maximum absolute atomic E-state index is 13.4. The van der Waals surface area contributed by atoms with E-state index in [0.29, 0.717) is 11.1 Å². The average molecular weight is 307 g/mol. The molecule has 3 heteroatoms. The fraction of sp³-hybridized carbons (Fsp3) is 0.133. The molecule has 0 fully saturated rings. The Bertz CT molecular complexity index is 593. The lowest BCUT2D eigenvalue weighted by atomic mass is 10.0. The molecule has 2 rings (SSSR count). The van der Waals surface area contributed by atoms with Crippen molar-refractivity contribution in [3.63, 3.8) is 0 Å². The van der Waals surface area contributed by atoms with Gasteiger partial charge in [0, 0.05) is 11.1 Å². The van der Waals surface area contributed by atoms with Crippen molar-refractivity contribution >= 4 is 21.7 Å². The van der Waals surface area contributed by atoms with Gasteiger partial charge >= 0.3 is 0 Å². The Morgan fingerprint density at radius 3 is 2.67 bits per heavy atom. The van der Waals surface area contributed by atoms with Crippen molar-refractivity contribution in [2.75, 3.05) is 0 Å². The number of hydrogen-bond donors (Lipinski definition) is 0. The van der Waals surface area contributed by atoms with E-state index >= 15 is 0 Å². The van der Waals surface area contributed by atoms with Gasteiger partial charge in [0.2, 0.25) is 0 Å². The Kier molecular flexibility index (Phi) is 3.92. The molecule has 92 valence electrons. The van der Waals surface area contributed by atoms with Gasteiger partial charge in [-0.05, 0) is 46.1 Å². The van der Waals surface area contributed by atoms with E-state index in [4.69, 9.17) is 0 Å². The van der Waals surface area contributed by atoms with Crippen LogP contribution in [0, 0.1) is 5.82 Å². The standard InChI is InChI=1S/C15H12BrFO/c1-2-10-5-3-6-11(9-10)15(18)12-7-4-8-13(17)14(12)16/h3-9H,2H2,1H3. The lowest BCUT2D eigenvalue weighted by molar-refractivity contribution is 0.103. The number of hydrogen-bond acceptors (Lipinski definition) is 1. The van der Waals surface area contributed by atoms with Crippen LogP contribution in [-0.4, -0.2) is 5.78 Å². The van der Waals surface area contributed by atoms with Gasteiger partial charge in [-0.1, -0.05) is 31.2 Å². The number of aryl methyl sites for hydroxylation is 1. The second-order valence-electron chi connectivity index (χ2n) is 3.98. The topological polar surface area (TPSA) is 17.1 Å². The number of carbonyl (C=O) groups excluding carboxylic acids is 1. The smallest absolute Gasteiger partial charge is 0.194 e.